The largest absolute Gasteiger partial charge is 0.619 e. The molecule has 0 amide bonds. The van der Waals surface area contributed by atoms with Crippen LogP contribution in [0.4, 0.5) is 0 Å². The number of rotatable bonds is 1. The minimum absolute atomic E-state index is 0.259. The maximum atomic E-state index is 10.6. The predicted molar refractivity (Wildman–Crippen MR) is 36.7 cm³/mol. The second-order valence-corrected chi connectivity index (χ2v) is 1.99. The van der Waals surface area contributed by atoms with Crippen LogP contribution in [-0.4, -0.2) is 5.97 Å². The number of hydrogen-bond donors (Lipinski definition) is 0. The molecular weight excluding hydrogens is 146 g/mol. The Morgan fingerprint density at radius 3 is 3.00 bits per heavy atom. The Hall–Kier alpha value is -1.58. The third kappa shape index (κ3) is 2.25. The quantitative estimate of drug-likeness (QED) is 0.330. The lowest BCUT2D eigenvalue weighted by Gasteiger charge is -1.99. The van der Waals surface area contributed by atoms with Crippen molar-refractivity contribution in [3.63, 3.8) is 0 Å². The van der Waals surface area contributed by atoms with Gasteiger partial charge in [-0.3, -0.25) is 4.79 Å². The molecule has 0 aliphatic heterocycles. The smallest absolute Gasteiger partial charge is 0.308 e. The molecule has 0 aliphatic carbocycles. The lowest BCUT2D eigenvalue weighted by Crippen LogP contribution is -2.24. The molecule has 4 nitrogen and oxygen atoms in total. The van der Waals surface area contributed by atoms with Crippen LogP contribution < -0.4 is 9.47 Å². The van der Waals surface area contributed by atoms with E-state index in [4.69, 9.17) is 0 Å². The highest BCUT2D eigenvalue weighted by atomic mass is 16.5. The predicted octanol–water partition coefficient (Wildman–Crippen LogP) is 0.245. The highest BCUT2D eigenvalue weighted by Gasteiger charge is 1.99. The zero-order chi connectivity index (χ0) is 8.27. The van der Waals surface area contributed by atoms with Crippen LogP contribution in [0.5, 0.6) is 5.75 Å². The fourth-order valence-electron chi connectivity index (χ4n) is 0.661. The Morgan fingerprint density at radius 1 is 1.73 bits per heavy atom. The van der Waals surface area contributed by atoms with Gasteiger partial charge in [0.05, 0.1) is 0 Å². The number of carbonyl (C=O) groups is 1. The van der Waals surface area contributed by atoms with Gasteiger partial charge in [0.25, 0.3) is 0 Å². The number of aromatic nitrogens is 1. The van der Waals surface area contributed by atoms with Crippen molar-refractivity contribution < 1.29 is 14.3 Å². The van der Waals surface area contributed by atoms with E-state index in [2.05, 4.69) is 4.74 Å². The van der Waals surface area contributed by atoms with Gasteiger partial charge in [0.1, 0.15) is 0 Å². The Labute approximate surface area is 63.6 Å². The van der Waals surface area contributed by atoms with Crippen LogP contribution in [0.3, 0.4) is 0 Å². The number of pyridine rings is 1. The third-order valence-corrected chi connectivity index (χ3v) is 1.01. The molecule has 1 aromatic heterocycles. The summed E-state index contributed by atoms with van der Waals surface area (Å²) >= 11 is 0. The Balaban J connectivity index is 2.79. The van der Waals surface area contributed by atoms with Crippen molar-refractivity contribution in [1.82, 2.24) is 0 Å². The second kappa shape index (κ2) is 3.01. The average molecular weight is 153 g/mol. The molecule has 11 heavy (non-hydrogen) atoms. The fourth-order valence-corrected chi connectivity index (χ4v) is 0.661. The van der Waals surface area contributed by atoms with E-state index in [1.165, 1.54) is 31.5 Å². The topological polar surface area (TPSA) is 53.2 Å². The highest BCUT2D eigenvalue weighted by molar-refractivity contribution is 5.68. The van der Waals surface area contributed by atoms with Gasteiger partial charge in [-0.25, -0.2) is 0 Å². The summed E-state index contributed by atoms with van der Waals surface area (Å²) in [5, 5.41) is 10.6. The molecular formula is C7H7NO3. The van der Waals surface area contributed by atoms with Gasteiger partial charge in [-0.05, 0) is 6.07 Å². The summed E-state index contributed by atoms with van der Waals surface area (Å²) < 4.78 is 5.20. The summed E-state index contributed by atoms with van der Waals surface area (Å²) in [5.74, 6) is -0.175. The number of carbonyl (C=O) groups excluding carboxylic acids is 1. The van der Waals surface area contributed by atoms with Crippen molar-refractivity contribution in [3.05, 3.63) is 29.7 Å². The molecule has 0 unspecified atom stereocenters. The maximum absolute atomic E-state index is 10.6. The molecule has 1 heterocycles. The van der Waals surface area contributed by atoms with Gasteiger partial charge >= 0.3 is 5.97 Å². The van der Waals surface area contributed by atoms with E-state index in [0.717, 1.165) is 0 Å². The summed E-state index contributed by atoms with van der Waals surface area (Å²) in [7, 11) is 0. The fraction of sp³-hybridized carbons (Fsp3) is 0.143. The van der Waals surface area contributed by atoms with Gasteiger partial charge < -0.3 is 9.94 Å². The average Bonchev–Trinajstić information content (AvgIpc) is 1.85. The van der Waals surface area contributed by atoms with Crippen molar-refractivity contribution in [3.8, 4) is 5.75 Å². The first-order valence-corrected chi connectivity index (χ1v) is 3.06. The zero-order valence-electron chi connectivity index (χ0n) is 5.98. The van der Waals surface area contributed by atoms with Crippen LogP contribution in [-0.2, 0) is 4.79 Å². The molecule has 0 aliphatic rings. The Bertz CT molecular complexity index is 272. The molecule has 0 spiro atoms. The van der Waals surface area contributed by atoms with Gasteiger partial charge in [-0.2, -0.15) is 4.73 Å². The summed E-state index contributed by atoms with van der Waals surface area (Å²) in [5.41, 5.74) is 0. The molecule has 0 fully saturated rings. The molecule has 0 N–H and O–H groups in total. The van der Waals surface area contributed by atoms with Gasteiger partial charge in [0.15, 0.2) is 11.9 Å². The molecule has 0 atom stereocenters. The minimum Gasteiger partial charge on any atom is -0.619 e. The molecule has 0 bridgehead atoms. The summed E-state index contributed by atoms with van der Waals surface area (Å²) in [6, 6.07) is 3.04. The third-order valence-electron chi connectivity index (χ3n) is 1.01. The van der Waals surface area contributed by atoms with E-state index in [1.807, 2.05) is 0 Å². The molecule has 0 saturated carbocycles. The summed E-state index contributed by atoms with van der Waals surface area (Å²) in [6.07, 6.45) is 2.49. The molecule has 0 radical (unpaired) electrons. The second-order valence-electron chi connectivity index (χ2n) is 1.99. The van der Waals surface area contributed by atoms with Crippen LogP contribution in [0, 0.1) is 5.21 Å². The number of nitrogens with zero attached hydrogens (tertiary/aromatic N) is 1. The van der Waals surface area contributed by atoms with Crippen molar-refractivity contribution in [2.24, 2.45) is 0 Å². The van der Waals surface area contributed by atoms with Crippen molar-refractivity contribution in [2.45, 2.75) is 6.92 Å². The molecule has 0 saturated heterocycles. The van der Waals surface area contributed by atoms with Gasteiger partial charge in [0.2, 0.25) is 6.20 Å². The number of ether oxygens (including phenoxy) is 1. The molecule has 4 heteroatoms. The van der Waals surface area contributed by atoms with Crippen LogP contribution in [0.1, 0.15) is 6.92 Å². The van der Waals surface area contributed by atoms with E-state index in [-0.39, 0.29) is 5.75 Å². The van der Waals surface area contributed by atoms with E-state index >= 15 is 0 Å². The standard InChI is InChI=1S/C7H7NO3/c1-6(9)11-7-3-2-4-8(10)5-7/h2-5H,1H3. The van der Waals surface area contributed by atoms with Gasteiger partial charge in [-0.15, -0.1) is 0 Å². The molecule has 1 rings (SSSR count). The zero-order valence-corrected chi connectivity index (χ0v) is 5.98. The molecule has 0 aromatic carbocycles. The Morgan fingerprint density at radius 2 is 2.45 bits per heavy atom. The maximum Gasteiger partial charge on any atom is 0.308 e. The van der Waals surface area contributed by atoms with E-state index in [0.29, 0.717) is 4.73 Å². The lowest BCUT2D eigenvalue weighted by molar-refractivity contribution is -0.605. The van der Waals surface area contributed by atoms with E-state index < -0.39 is 5.97 Å². The van der Waals surface area contributed by atoms with Crippen molar-refractivity contribution in [2.75, 3.05) is 0 Å². The van der Waals surface area contributed by atoms with Crippen LogP contribution in [0.25, 0.3) is 0 Å². The molecule has 58 valence electrons. The first-order chi connectivity index (χ1) is 5.18. The van der Waals surface area contributed by atoms with Crippen molar-refractivity contribution >= 4 is 5.97 Å². The first kappa shape index (κ1) is 7.53. The minimum atomic E-state index is -0.434. The van der Waals surface area contributed by atoms with Crippen LogP contribution >= 0.6 is 0 Å². The molecule has 1 aromatic rings. The lowest BCUT2D eigenvalue weighted by atomic mass is 10.5. The normalized spacial score (nSPS) is 9.18. The van der Waals surface area contributed by atoms with Crippen LogP contribution in [0.15, 0.2) is 24.5 Å². The Kier molecular flexibility index (Phi) is 2.06. The van der Waals surface area contributed by atoms with Gasteiger partial charge in [0, 0.05) is 13.0 Å². The highest BCUT2D eigenvalue weighted by Crippen LogP contribution is 2.04. The van der Waals surface area contributed by atoms with Gasteiger partial charge in [-0.1, -0.05) is 0 Å². The van der Waals surface area contributed by atoms with Crippen LogP contribution in [0.2, 0.25) is 0 Å². The van der Waals surface area contributed by atoms with E-state index in [9.17, 15) is 10.0 Å². The SMILES string of the molecule is CC(=O)Oc1ccc[n+]([O-])c1. The van der Waals surface area contributed by atoms with E-state index in [1.54, 1.807) is 0 Å². The number of esters is 1. The van der Waals surface area contributed by atoms with Crippen molar-refractivity contribution in [1.29, 1.82) is 0 Å². The summed E-state index contributed by atoms with van der Waals surface area (Å²) in [4.78, 5) is 10.4. The first-order valence-electron chi connectivity index (χ1n) is 3.06. The number of hydrogen-bond acceptors (Lipinski definition) is 3. The summed E-state index contributed by atoms with van der Waals surface area (Å²) in [6.45, 7) is 1.28. The monoisotopic (exact) mass is 153 g/mol.